The molecule has 27 heavy (non-hydrogen) atoms. The average Bonchev–Trinajstić information content (AvgIpc) is 3.36. The van der Waals surface area contributed by atoms with Crippen molar-refractivity contribution in [3.8, 4) is 0 Å². The molecule has 2 aliphatic rings. The molecule has 1 amide bonds. The van der Waals surface area contributed by atoms with E-state index in [0.29, 0.717) is 13.0 Å². The number of aromatic nitrogens is 2. The molecule has 8 heteroatoms. The number of amides is 1. The van der Waals surface area contributed by atoms with E-state index in [0.717, 1.165) is 55.0 Å². The van der Waals surface area contributed by atoms with Crippen molar-refractivity contribution in [3.63, 3.8) is 0 Å². The highest BCUT2D eigenvalue weighted by atomic mass is 32.1. The summed E-state index contributed by atoms with van der Waals surface area (Å²) in [7, 11) is 0. The first-order valence-corrected chi connectivity index (χ1v) is 10.3. The van der Waals surface area contributed by atoms with Crippen molar-refractivity contribution in [2.75, 3.05) is 50.7 Å². The number of nitrogens with zero attached hydrogens (tertiary/aromatic N) is 5. The van der Waals surface area contributed by atoms with Crippen molar-refractivity contribution >= 4 is 22.4 Å². The lowest BCUT2D eigenvalue weighted by atomic mass is 10.2. The standard InChI is InChI=1S/C19H24FN5OS/c20-16-5-3-15(4-6-16)13-17-21-22-19(27-17)25-11-9-24(10-12-25)18(26)14-23-7-1-2-8-23/h3-6H,1-2,7-14H2. The van der Waals surface area contributed by atoms with E-state index in [-0.39, 0.29) is 11.7 Å². The van der Waals surface area contributed by atoms with E-state index >= 15 is 0 Å². The summed E-state index contributed by atoms with van der Waals surface area (Å²) in [4.78, 5) is 18.9. The highest BCUT2D eigenvalue weighted by Crippen LogP contribution is 2.23. The molecule has 4 rings (SSSR count). The largest absolute Gasteiger partial charge is 0.343 e. The minimum Gasteiger partial charge on any atom is -0.343 e. The van der Waals surface area contributed by atoms with Crippen LogP contribution in [0.15, 0.2) is 24.3 Å². The Morgan fingerprint density at radius 3 is 2.41 bits per heavy atom. The highest BCUT2D eigenvalue weighted by molar-refractivity contribution is 7.15. The van der Waals surface area contributed by atoms with E-state index in [2.05, 4.69) is 20.0 Å². The molecule has 2 aliphatic heterocycles. The van der Waals surface area contributed by atoms with Crippen molar-refractivity contribution < 1.29 is 9.18 Å². The second kappa shape index (κ2) is 8.31. The van der Waals surface area contributed by atoms with Crippen LogP contribution in [0.25, 0.3) is 0 Å². The number of rotatable bonds is 5. The lowest BCUT2D eigenvalue weighted by Gasteiger charge is -2.35. The minimum absolute atomic E-state index is 0.228. The van der Waals surface area contributed by atoms with Gasteiger partial charge in [0.05, 0.1) is 6.54 Å². The zero-order chi connectivity index (χ0) is 18.6. The van der Waals surface area contributed by atoms with Crippen LogP contribution in [0, 0.1) is 5.82 Å². The van der Waals surface area contributed by atoms with E-state index in [1.54, 1.807) is 23.5 Å². The predicted octanol–water partition coefficient (Wildman–Crippen LogP) is 2.01. The van der Waals surface area contributed by atoms with Gasteiger partial charge in [0.2, 0.25) is 11.0 Å². The monoisotopic (exact) mass is 389 g/mol. The zero-order valence-electron chi connectivity index (χ0n) is 15.3. The van der Waals surface area contributed by atoms with Crippen LogP contribution >= 0.6 is 11.3 Å². The average molecular weight is 390 g/mol. The van der Waals surface area contributed by atoms with Gasteiger partial charge in [0.25, 0.3) is 0 Å². The summed E-state index contributed by atoms with van der Waals surface area (Å²) in [6.07, 6.45) is 3.07. The highest BCUT2D eigenvalue weighted by Gasteiger charge is 2.25. The number of hydrogen-bond acceptors (Lipinski definition) is 6. The third-order valence-corrected chi connectivity index (χ3v) is 6.17. The molecular formula is C19H24FN5OS. The molecule has 2 saturated heterocycles. The Bertz CT molecular complexity index is 767. The maximum Gasteiger partial charge on any atom is 0.236 e. The Balaban J connectivity index is 1.28. The molecule has 0 atom stereocenters. The Labute approximate surface area is 162 Å². The van der Waals surface area contributed by atoms with Gasteiger partial charge in [-0.15, -0.1) is 10.2 Å². The fraction of sp³-hybridized carbons (Fsp3) is 0.526. The zero-order valence-corrected chi connectivity index (χ0v) is 16.1. The normalized spacial score (nSPS) is 18.3. The van der Waals surface area contributed by atoms with Gasteiger partial charge in [0, 0.05) is 32.6 Å². The summed E-state index contributed by atoms with van der Waals surface area (Å²) in [6, 6.07) is 6.49. The molecule has 0 N–H and O–H groups in total. The topological polar surface area (TPSA) is 52.6 Å². The maximum absolute atomic E-state index is 13.0. The van der Waals surface area contributed by atoms with Crippen LogP contribution in [0.2, 0.25) is 0 Å². The molecule has 0 aliphatic carbocycles. The van der Waals surface area contributed by atoms with Crippen LogP contribution in [0.4, 0.5) is 9.52 Å². The molecule has 0 bridgehead atoms. The fourth-order valence-corrected chi connectivity index (χ4v) is 4.52. The fourth-order valence-electron chi connectivity index (χ4n) is 3.60. The molecule has 2 fully saturated rings. The first-order valence-electron chi connectivity index (χ1n) is 9.49. The number of anilines is 1. The quantitative estimate of drug-likeness (QED) is 0.783. The van der Waals surface area contributed by atoms with Crippen molar-refractivity contribution in [2.24, 2.45) is 0 Å². The van der Waals surface area contributed by atoms with Gasteiger partial charge in [-0.2, -0.15) is 0 Å². The number of benzene rings is 1. The van der Waals surface area contributed by atoms with Crippen LogP contribution < -0.4 is 4.90 Å². The van der Waals surface area contributed by atoms with Crippen molar-refractivity contribution in [1.82, 2.24) is 20.0 Å². The van der Waals surface area contributed by atoms with Gasteiger partial charge in [-0.25, -0.2) is 4.39 Å². The van der Waals surface area contributed by atoms with Gasteiger partial charge in [-0.1, -0.05) is 23.5 Å². The SMILES string of the molecule is O=C(CN1CCCC1)N1CCN(c2nnc(Cc3ccc(F)cc3)s2)CC1. The minimum atomic E-state index is -0.228. The number of carbonyl (C=O) groups excluding carboxylic acids is 1. The molecule has 144 valence electrons. The second-order valence-electron chi connectivity index (χ2n) is 7.13. The molecule has 0 saturated carbocycles. The second-order valence-corrected chi connectivity index (χ2v) is 8.17. The van der Waals surface area contributed by atoms with E-state index in [9.17, 15) is 9.18 Å². The van der Waals surface area contributed by atoms with Gasteiger partial charge in [-0.3, -0.25) is 9.69 Å². The van der Waals surface area contributed by atoms with Crippen LogP contribution in [0.1, 0.15) is 23.4 Å². The molecular weight excluding hydrogens is 365 g/mol. The number of halogens is 1. The van der Waals surface area contributed by atoms with Gasteiger partial charge in [0.1, 0.15) is 10.8 Å². The first kappa shape index (κ1) is 18.3. The molecule has 0 spiro atoms. The van der Waals surface area contributed by atoms with E-state index < -0.39 is 0 Å². The van der Waals surface area contributed by atoms with Crippen LogP contribution in [0.3, 0.4) is 0 Å². The van der Waals surface area contributed by atoms with E-state index in [4.69, 9.17) is 0 Å². The summed E-state index contributed by atoms with van der Waals surface area (Å²) in [6.45, 7) is 5.70. The van der Waals surface area contributed by atoms with Crippen molar-refractivity contribution in [1.29, 1.82) is 0 Å². The molecule has 6 nitrogen and oxygen atoms in total. The Kier molecular flexibility index (Phi) is 5.63. The third-order valence-electron chi connectivity index (χ3n) is 5.19. The summed E-state index contributed by atoms with van der Waals surface area (Å²) >= 11 is 1.57. The summed E-state index contributed by atoms with van der Waals surface area (Å²) in [5.41, 5.74) is 1.02. The molecule has 1 aromatic heterocycles. The number of piperazine rings is 1. The molecule has 2 aromatic rings. The van der Waals surface area contributed by atoms with E-state index in [1.807, 2.05) is 4.90 Å². The van der Waals surface area contributed by atoms with Gasteiger partial charge in [0.15, 0.2) is 0 Å². The molecule has 3 heterocycles. The van der Waals surface area contributed by atoms with Crippen molar-refractivity contribution in [2.45, 2.75) is 19.3 Å². The summed E-state index contributed by atoms with van der Waals surface area (Å²) < 4.78 is 13.0. The number of carbonyl (C=O) groups is 1. The van der Waals surface area contributed by atoms with Crippen LogP contribution in [0.5, 0.6) is 0 Å². The van der Waals surface area contributed by atoms with Gasteiger partial charge in [-0.05, 0) is 43.6 Å². The van der Waals surface area contributed by atoms with Crippen molar-refractivity contribution in [3.05, 3.63) is 40.7 Å². The van der Waals surface area contributed by atoms with E-state index in [1.165, 1.54) is 25.0 Å². The Morgan fingerprint density at radius 1 is 1.00 bits per heavy atom. The molecule has 0 unspecified atom stereocenters. The maximum atomic E-state index is 13.0. The lowest BCUT2D eigenvalue weighted by molar-refractivity contribution is -0.132. The smallest absolute Gasteiger partial charge is 0.236 e. The third kappa shape index (κ3) is 4.62. The van der Waals surface area contributed by atoms with Crippen LogP contribution in [-0.2, 0) is 11.2 Å². The molecule has 0 radical (unpaired) electrons. The Hall–Kier alpha value is -2.06. The number of hydrogen-bond donors (Lipinski definition) is 0. The Morgan fingerprint density at radius 2 is 1.70 bits per heavy atom. The summed E-state index contributed by atoms with van der Waals surface area (Å²) in [5, 5.41) is 10.4. The van der Waals surface area contributed by atoms with Gasteiger partial charge < -0.3 is 9.80 Å². The lowest BCUT2D eigenvalue weighted by Crippen LogP contribution is -2.51. The summed E-state index contributed by atoms with van der Waals surface area (Å²) in [5.74, 6) is 0.0136. The first-order chi connectivity index (χ1) is 13.2. The van der Waals surface area contributed by atoms with Crippen LogP contribution in [-0.4, -0.2) is 71.7 Å². The number of likely N-dealkylation sites (tertiary alicyclic amines) is 1. The van der Waals surface area contributed by atoms with Gasteiger partial charge >= 0.3 is 0 Å². The predicted molar refractivity (Wildman–Crippen MR) is 104 cm³/mol. The molecule has 1 aromatic carbocycles.